The smallest absolute Gasteiger partial charge is 0.338 e. The lowest BCUT2D eigenvalue weighted by atomic mass is 10.2. The molecule has 0 saturated carbocycles. The fourth-order valence-electron chi connectivity index (χ4n) is 2.33. The number of esters is 1. The lowest BCUT2D eigenvalue weighted by Gasteiger charge is -2.18. The van der Waals surface area contributed by atoms with Gasteiger partial charge < -0.3 is 19.5 Å². The molecular formula is C17H13ClN2O7. The summed E-state index contributed by atoms with van der Waals surface area (Å²) in [6.45, 7) is 0.175. The Morgan fingerprint density at radius 2 is 1.89 bits per heavy atom. The van der Waals surface area contributed by atoms with Crippen LogP contribution >= 0.6 is 11.6 Å². The van der Waals surface area contributed by atoms with Crippen LogP contribution in [0.5, 0.6) is 11.5 Å². The van der Waals surface area contributed by atoms with Crippen LogP contribution in [0.3, 0.4) is 0 Å². The van der Waals surface area contributed by atoms with Gasteiger partial charge in [-0.2, -0.15) is 0 Å². The number of carbonyl (C=O) groups is 2. The number of anilines is 1. The monoisotopic (exact) mass is 392 g/mol. The van der Waals surface area contributed by atoms with Crippen molar-refractivity contribution in [2.75, 3.05) is 25.1 Å². The standard InChI is InChI=1S/C17H13ClN2O7/c18-11-2-3-12(13(8-11)20(23)24)19-16(21)9-27-17(22)10-1-4-14-15(7-10)26-6-5-25-14/h1-4,7-8H,5-6,9H2,(H,19,21). The van der Waals surface area contributed by atoms with Crippen LogP contribution in [0.1, 0.15) is 10.4 Å². The second-order valence-corrected chi connectivity index (χ2v) is 5.84. The SMILES string of the molecule is O=C(COC(=O)c1ccc2c(c1)OCCO2)Nc1ccc(Cl)cc1[N+](=O)[O-]. The molecule has 0 aliphatic carbocycles. The summed E-state index contributed by atoms with van der Waals surface area (Å²) >= 11 is 5.71. The van der Waals surface area contributed by atoms with E-state index in [0.717, 1.165) is 6.07 Å². The molecule has 9 nitrogen and oxygen atoms in total. The fourth-order valence-corrected chi connectivity index (χ4v) is 2.50. The highest BCUT2D eigenvalue weighted by atomic mass is 35.5. The van der Waals surface area contributed by atoms with E-state index in [-0.39, 0.29) is 22.0 Å². The van der Waals surface area contributed by atoms with Gasteiger partial charge in [0.1, 0.15) is 18.9 Å². The van der Waals surface area contributed by atoms with Crippen LogP contribution in [-0.2, 0) is 9.53 Å². The number of benzene rings is 2. The summed E-state index contributed by atoms with van der Waals surface area (Å²) in [5.41, 5.74) is -0.233. The van der Waals surface area contributed by atoms with Crippen LogP contribution in [0.25, 0.3) is 0 Å². The second kappa shape index (κ2) is 7.92. The number of nitro groups is 1. The van der Waals surface area contributed by atoms with Crippen molar-refractivity contribution in [3.63, 3.8) is 0 Å². The van der Waals surface area contributed by atoms with E-state index in [1.165, 1.54) is 24.3 Å². The zero-order valence-electron chi connectivity index (χ0n) is 13.8. The summed E-state index contributed by atoms with van der Waals surface area (Å²) in [6, 6.07) is 8.31. The second-order valence-electron chi connectivity index (χ2n) is 5.40. The largest absolute Gasteiger partial charge is 0.486 e. The van der Waals surface area contributed by atoms with E-state index in [1.807, 2.05) is 0 Å². The van der Waals surface area contributed by atoms with Crippen molar-refractivity contribution in [3.8, 4) is 11.5 Å². The Hall–Kier alpha value is -3.33. The molecule has 1 amide bonds. The maximum atomic E-state index is 12.1. The molecule has 3 rings (SSSR count). The minimum absolute atomic E-state index is 0.0511. The van der Waals surface area contributed by atoms with Gasteiger partial charge in [0.2, 0.25) is 0 Å². The number of halogens is 1. The molecule has 2 aromatic rings. The molecule has 27 heavy (non-hydrogen) atoms. The average molecular weight is 393 g/mol. The molecule has 10 heteroatoms. The minimum atomic E-state index is -0.743. The number of amides is 1. The van der Waals surface area contributed by atoms with Gasteiger partial charge in [-0.05, 0) is 30.3 Å². The molecular weight excluding hydrogens is 380 g/mol. The summed E-state index contributed by atoms with van der Waals surface area (Å²) in [5, 5.41) is 13.5. The normalized spacial score (nSPS) is 12.2. The Bertz CT molecular complexity index is 916. The van der Waals surface area contributed by atoms with Crippen molar-refractivity contribution in [1.29, 1.82) is 0 Å². The van der Waals surface area contributed by atoms with Gasteiger partial charge in [0.05, 0.1) is 10.5 Å². The van der Waals surface area contributed by atoms with E-state index in [4.69, 9.17) is 25.8 Å². The summed E-state index contributed by atoms with van der Waals surface area (Å²) in [7, 11) is 0. The van der Waals surface area contributed by atoms with E-state index >= 15 is 0 Å². The van der Waals surface area contributed by atoms with Gasteiger partial charge in [0.25, 0.3) is 11.6 Å². The first-order chi connectivity index (χ1) is 12.9. The number of hydrogen-bond donors (Lipinski definition) is 1. The molecule has 2 aromatic carbocycles. The Morgan fingerprint density at radius 3 is 2.63 bits per heavy atom. The molecule has 140 valence electrons. The Kier molecular flexibility index (Phi) is 5.41. The molecule has 0 radical (unpaired) electrons. The van der Waals surface area contributed by atoms with Crippen molar-refractivity contribution in [2.45, 2.75) is 0 Å². The summed E-state index contributed by atoms with van der Waals surface area (Å²) in [6.07, 6.45) is 0. The molecule has 0 bridgehead atoms. The van der Waals surface area contributed by atoms with Crippen molar-refractivity contribution in [1.82, 2.24) is 0 Å². The molecule has 1 aliphatic rings. The highest BCUT2D eigenvalue weighted by Gasteiger charge is 2.19. The topological polar surface area (TPSA) is 117 Å². The van der Waals surface area contributed by atoms with Crippen LogP contribution in [0.15, 0.2) is 36.4 Å². The zero-order chi connectivity index (χ0) is 19.4. The van der Waals surface area contributed by atoms with Gasteiger partial charge in [0.15, 0.2) is 18.1 Å². The summed E-state index contributed by atoms with van der Waals surface area (Å²) < 4.78 is 15.7. The Morgan fingerprint density at radius 1 is 1.15 bits per heavy atom. The molecule has 0 fully saturated rings. The number of carbonyl (C=O) groups excluding carboxylic acids is 2. The maximum absolute atomic E-state index is 12.1. The number of rotatable bonds is 5. The minimum Gasteiger partial charge on any atom is -0.486 e. The number of nitrogens with one attached hydrogen (secondary N) is 1. The zero-order valence-corrected chi connectivity index (χ0v) is 14.5. The Balaban J connectivity index is 1.61. The molecule has 0 unspecified atom stereocenters. The third-order valence-electron chi connectivity index (χ3n) is 3.54. The molecule has 1 heterocycles. The van der Waals surface area contributed by atoms with Crippen LogP contribution in [0, 0.1) is 10.1 Å². The quantitative estimate of drug-likeness (QED) is 0.472. The third kappa shape index (κ3) is 4.45. The van der Waals surface area contributed by atoms with Crippen LogP contribution in [0.4, 0.5) is 11.4 Å². The third-order valence-corrected chi connectivity index (χ3v) is 3.78. The van der Waals surface area contributed by atoms with E-state index in [2.05, 4.69) is 5.32 Å². The number of hydrogen-bond acceptors (Lipinski definition) is 7. The molecule has 0 spiro atoms. The molecule has 1 N–H and O–H groups in total. The van der Waals surface area contributed by atoms with Gasteiger partial charge in [-0.25, -0.2) is 4.79 Å². The van der Waals surface area contributed by atoms with Crippen molar-refractivity contribution < 1.29 is 28.7 Å². The van der Waals surface area contributed by atoms with Gasteiger partial charge in [0, 0.05) is 11.1 Å². The molecule has 0 saturated heterocycles. The van der Waals surface area contributed by atoms with Gasteiger partial charge in [-0.15, -0.1) is 0 Å². The van der Waals surface area contributed by atoms with E-state index in [9.17, 15) is 19.7 Å². The van der Waals surface area contributed by atoms with Gasteiger partial charge >= 0.3 is 5.97 Å². The van der Waals surface area contributed by atoms with E-state index in [1.54, 1.807) is 6.07 Å². The predicted molar refractivity (Wildman–Crippen MR) is 94.5 cm³/mol. The number of nitro benzene ring substituents is 1. The van der Waals surface area contributed by atoms with Gasteiger partial charge in [-0.1, -0.05) is 11.6 Å². The van der Waals surface area contributed by atoms with E-state index < -0.39 is 23.4 Å². The first-order valence-corrected chi connectivity index (χ1v) is 8.12. The van der Waals surface area contributed by atoms with Gasteiger partial charge in [-0.3, -0.25) is 14.9 Å². The summed E-state index contributed by atoms with van der Waals surface area (Å²) in [4.78, 5) is 34.4. The van der Waals surface area contributed by atoms with Crippen LogP contribution in [0.2, 0.25) is 5.02 Å². The van der Waals surface area contributed by atoms with Crippen LogP contribution < -0.4 is 14.8 Å². The highest BCUT2D eigenvalue weighted by molar-refractivity contribution is 6.31. The first kappa shape index (κ1) is 18.5. The number of ether oxygens (including phenoxy) is 3. The lowest BCUT2D eigenvalue weighted by molar-refractivity contribution is -0.383. The molecule has 0 atom stereocenters. The van der Waals surface area contributed by atoms with Crippen molar-refractivity contribution in [3.05, 3.63) is 57.1 Å². The van der Waals surface area contributed by atoms with Crippen molar-refractivity contribution in [2.24, 2.45) is 0 Å². The number of fused-ring (bicyclic) bond motifs is 1. The summed E-state index contributed by atoms with van der Waals surface area (Å²) in [5.74, 6) is -0.540. The predicted octanol–water partition coefficient (Wildman–Crippen LogP) is 2.81. The van der Waals surface area contributed by atoms with Crippen molar-refractivity contribution >= 4 is 34.9 Å². The van der Waals surface area contributed by atoms with Crippen LogP contribution in [-0.4, -0.2) is 36.6 Å². The average Bonchev–Trinajstić information content (AvgIpc) is 2.67. The lowest BCUT2D eigenvalue weighted by Crippen LogP contribution is -2.21. The Labute approximate surface area is 157 Å². The molecule has 0 aromatic heterocycles. The first-order valence-electron chi connectivity index (χ1n) is 7.74. The van der Waals surface area contributed by atoms with E-state index in [0.29, 0.717) is 24.7 Å². The highest BCUT2D eigenvalue weighted by Crippen LogP contribution is 2.31. The number of nitrogens with zero attached hydrogens (tertiary/aromatic N) is 1. The fraction of sp³-hybridized carbons (Fsp3) is 0.176. The molecule has 1 aliphatic heterocycles. The maximum Gasteiger partial charge on any atom is 0.338 e.